The molecule has 0 saturated carbocycles. The number of hydrogen-bond donors (Lipinski definition) is 0. The van der Waals surface area contributed by atoms with Gasteiger partial charge < -0.3 is 9.53 Å². The summed E-state index contributed by atoms with van der Waals surface area (Å²) in [5.41, 5.74) is 2.40. The first-order valence-corrected chi connectivity index (χ1v) is 11.7. The number of para-hydroxylation sites is 1. The Morgan fingerprint density at radius 1 is 0.886 bits per heavy atom. The Bertz CT molecular complexity index is 1380. The molecule has 1 heterocycles. The molecule has 0 radical (unpaired) electrons. The van der Waals surface area contributed by atoms with Gasteiger partial charge in [0, 0.05) is 5.92 Å². The van der Waals surface area contributed by atoms with E-state index in [9.17, 15) is 19.2 Å². The van der Waals surface area contributed by atoms with E-state index in [1.54, 1.807) is 38.1 Å². The summed E-state index contributed by atoms with van der Waals surface area (Å²) in [6.45, 7) is 3.47. The number of imide groups is 1. The molecule has 2 atom stereocenters. The molecule has 3 aliphatic carbocycles. The van der Waals surface area contributed by atoms with Gasteiger partial charge in [0.05, 0.1) is 34.6 Å². The van der Waals surface area contributed by atoms with E-state index in [1.807, 2.05) is 48.5 Å². The van der Waals surface area contributed by atoms with Gasteiger partial charge in [0.15, 0.2) is 0 Å². The van der Waals surface area contributed by atoms with Crippen molar-refractivity contribution in [3.8, 4) is 0 Å². The molecule has 6 heteroatoms. The Balaban J connectivity index is 1.57. The van der Waals surface area contributed by atoms with Crippen molar-refractivity contribution in [3.05, 3.63) is 101 Å². The maximum absolute atomic E-state index is 14.1. The fourth-order valence-electron chi connectivity index (χ4n) is 6.39. The van der Waals surface area contributed by atoms with E-state index >= 15 is 0 Å². The molecular formula is C29H23NO5. The lowest BCUT2D eigenvalue weighted by atomic mass is 9.48. The Labute approximate surface area is 202 Å². The van der Waals surface area contributed by atoms with Crippen molar-refractivity contribution >= 4 is 29.8 Å². The molecule has 7 rings (SSSR count). The zero-order chi connectivity index (χ0) is 24.5. The SMILES string of the molecule is CC(C)OC(=O)c1ccccc1N1C(=O)[C@@H]2C3c4ccccc4C(C=O)(c4ccccc43)[C@@H]2C1=O. The fraction of sp³-hybridized carbons (Fsp3) is 0.241. The van der Waals surface area contributed by atoms with Crippen LogP contribution >= 0.6 is 0 Å². The second-order valence-electron chi connectivity index (χ2n) is 9.63. The lowest BCUT2D eigenvalue weighted by molar-refractivity contribution is -0.128. The average molecular weight is 466 g/mol. The van der Waals surface area contributed by atoms with Crippen LogP contribution in [0.4, 0.5) is 5.69 Å². The minimum atomic E-state index is -1.28. The molecule has 35 heavy (non-hydrogen) atoms. The molecule has 4 aliphatic rings. The normalized spacial score (nSPS) is 25.8. The lowest BCUT2D eigenvalue weighted by Crippen LogP contribution is -2.54. The van der Waals surface area contributed by atoms with Gasteiger partial charge in [0.1, 0.15) is 6.29 Å². The fourth-order valence-corrected chi connectivity index (χ4v) is 6.39. The highest BCUT2D eigenvalue weighted by Gasteiger charge is 2.68. The van der Waals surface area contributed by atoms with Gasteiger partial charge in [0.25, 0.3) is 0 Å². The van der Waals surface area contributed by atoms with Crippen molar-refractivity contribution in [3.63, 3.8) is 0 Å². The Hall–Kier alpha value is -4.06. The van der Waals surface area contributed by atoms with Crippen LogP contribution in [0.15, 0.2) is 72.8 Å². The predicted molar refractivity (Wildman–Crippen MR) is 128 cm³/mol. The first-order valence-electron chi connectivity index (χ1n) is 11.7. The molecule has 174 valence electrons. The molecule has 3 aromatic rings. The summed E-state index contributed by atoms with van der Waals surface area (Å²) < 4.78 is 5.38. The topological polar surface area (TPSA) is 80.8 Å². The highest BCUT2D eigenvalue weighted by Crippen LogP contribution is 2.63. The molecule has 2 bridgehead atoms. The summed E-state index contributed by atoms with van der Waals surface area (Å²) in [4.78, 5) is 55.2. The third-order valence-electron chi connectivity index (χ3n) is 7.58. The number of ether oxygens (including phenoxy) is 1. The van der Waals surface area contributed by atoms with Gasteiger partial charge >= 0.3 is 5.97 Å². The number of amides is 2. The molecular weight excluding hydrogens is 442 g/mol. The molecule has 1 fully saturated rings. The minimum absolute atomic E-state index is 0.143. The van der Waals surface area contributed by atoms with E-state index in [1.165, 1.54) is 0 Å². The zero-order valence-corrected chi connectivity index (χ0v) is 19.3. The van der Waals surface area contributed by atoms with Crippen LogP contribution in [0.2, 0.25) is 0 Å². The summed E-state index contributed by atoms with van der Waals surface area (Å²) in [5.74, 6) is -3.46. The van der Waals surface area contributed by atoms with E-state index in [0.717, 1.165) is 33.4 Å². The van der Waals surface area contributed by atoms with Crippen molar-refractivity contribution in [1.29, 1.82) is 0 Å². The van der Waals surface area contributed by atoms with Gasteiger partial charge in [-0.2, -0.15) is 0 Å². The largest absolute Gasteiger partial charge is 0.459 e. The molecule has 0 aromatic heterocycles. The number of nitrogens with zero attached hydrogens (tertiary/aromatic N) is 1. The van der Waals surface area contributed by atoms with Crippen LogP contribution in [0.3, 0.4) is 0 Å². The van der Waals surface area contributed by atoms with Crippen LogP contribution in [0.5, 0.6) is 0 Å². The quantitative estimate of drug-likeness (QED) is 0.331. The molecule has 1 aliphatic heterocycles. The number of aldehydes is 1. The van der Waals surface area contributed by atoms with Crippen molar-refractivity contribution < 1.29 is 23.9 Å². The van der Waals surface area contributed by atoms with Crippen LogP contribution in [0, 0.1) is 11.8 Å². The first kappa shape index (κ1) is 21.5. The number of hydrogen-bond acceptors (Lipinski definition) is 5. The number of esters is 1. The Morgan fingerprint density at radius 3 is 2.06 bits per heavy atom. The number of carbonyl (C=O) groups is 4. The summed E-state index contributed by atoms with van der Waals surface area (Å²) in [6, 6.07) is 21.6. The third-order valence-corrected chi connectivity index (χ3v) is 7.58. The number of benzene rings is 3. The Morgan fingerprint density at radius 2 is 1.46 bits per heavy atom. The van der Waals surface area contributed by atoms with Gasteiger partial charge in [-0.1, -0.05) is 60.7 Å². The van der Waals surface area contributed by atoms with Gasteiger partial charge in [-0.15, -0.1) is 0 Å². The summed E-state index contributed by atoms with van der Waals surface area (Å²) in [7, 11) is 0. The molecule has 3 aromatic carbocycles. The van der Waals surface area contributed by atoms with Gasteiger partial charge in [-0.05, 0) is 48.2 Å². The summed E-state index contributed by atoms with van der Waals surface area (Å²) >= 11 is 0. The van der Waals surface area contributed by atoms with Crippen LogP contribution in [0.25, 0.3) is 0 Å². The van der Waals surface area contributed by atoms with Gasteiger partial charge in [-0.25, -0.2) is 9.69 Å². The van der Waals surface area contributed by atoms with Crippen LogP contribution in [-0.4, -0.2) is 30.2 Å². The highest BCUT2D eigenvalue weighted by atomic mass is 16.5. The lowest BCUT2D eigenvalue weighted by Gasteiger charge is -2.51. The van der Waals surface area contributed by atoms with E-state index in [0.29, 0.717) is 0 Å². The smallest absolute Gasteiger partial charge is 0.340 e. The minimum Gasteiger partial charge on any atom is -0.459 e. The molecule has 0 N–H and O–H groups in total. The molecule has 6 nitrogen and oxygen atoms in total. The standard InChI is InChI=1S/C29H23NO5/c1-16(2)35-28(34)19-11-5-8-14-22(19)30-26(32)24-23-17-9-3-6-12-20(17)29(15-31,25(24)27(30)33)21-13-7-4-10-18(21)23/h3-16,23-25H,1-2H3/t23?,24-,25+,29?/m1/s1. The second-order valence-corrected chi connectivity index (χ2v) is 9.63. The van der Waals surface area contributed by atoms with E-state index < -0.39 is 35.0 Å². The first-order chi connectivity index (χ1) is 16.9. The summed E-state index contributed by atoms with van der Waals surface area (Å²) in [6.07, 6.45) is 0.479. The van der Waals surface area contributed by atoms with Gasteiger partial charge in [-0.3, -0.25) is 9.59 Å². The zero-order valence-electron chi connectivity index (χ0n) is 19.3. The maximum atomic E-state index is 14.1. The van der Waals surface area contributed by atoms with Crippen molar-refractivity contribution in [2.24, 2.45) is 11.8 Å². The van der Waals surface area contributed by atoms with Crippen molar-refractivity contribution in [1.82, 2.24) is 0 Å². The molecule has 2 amide bonds. The van der Waals surface area contributed by atoms with Crippen molar-refractivity contribution in [2.45, 2.75) is 31.3 Å². The number of carbonyl (C=O) groups excluding carboxylic acids is 4. The molecule has 0 spiro atoms. The van der Waals surface area contributed by atoms with E-state index in [2.05, 4.69) is 0 Å². The van der Waals surface area contributed by atoms with Crippen molar-refractivity contribution in [2.75, 3.05) is 4.90 Å². The van der Waals surface area contributed by atoms with Crippen LogP contribution in [-0.2, 0) is 24.5 Å². The van der Waals surface area contributed by atoms with Crippen LogP contribution in [0.1, 0.15) is 52.4 Å². The van der Waals surface area contributed by atoms with E-state index in [4.69, 9.17) is 4.74 Å². The number of rotatable bonds is 4. The highest BCUT2D eigenvalue weighted by molar-refractivity contribution is 6.26. The maximum Gasteiger partial charge on any atom is 0.340 e. The van der Waals surface area contributed by atoms with Crippen LogP contribution < -0.4 is 4.90 Å². The predicted octanol–water partition coefficient (Wildman–Crippen LogP) is 4.00. The van der Waals surface area contributed by atoms with E-state index in [-0.39, 0.29) is 23.3 Å². The summed E-state index contributed by atoms with van der Waals surface area (Å²) in [5, 5.41) is 0. The van der Waals surface area contributed by atoms with Gasteiger partial charge in [0.2, 0.25) is 11.8 Å². The monoisotopic (exact) mass is 465 g/mol. The third kappa shape index (κ3) is 2.65. The number of anilines is 1. The molecule has 1 saturated heterocycles. The Kier molecular flexibility index (Phi) is 4.58. The average Bonchev–Trinajstić information content (AvgIpc) is 3.14. The molecule has 0 unspecified atom stereocenters. The second kappa shape index (κ2) is 7.47.